The molecule has 1 aromatic heterocycles. The van der Waals surface area contributed by atoms with E-state index in [0.717, 1.165) is 48.0 Å². The number of anilines is 1. The number of carbonyl (C=O) groups is 1. The van der Waals surface area contributed by atoms with Gasteiger partial charge < -0.3 is 10.2 Å². The van der Waals surface area contributed by atoms with Crippen LogP contribution in [0.5, 0.6) is 0 Å². The van der Waals surface area contributed by atoms with E-state index in [1.165, 1.54) is 40.4 Å². The first kappa shape index (κ1) is 25.8. The van der Waals surface area contributed by atoms with Crippen LogP contribution in [0, 0.1) is 5.82 Å². The Morgan fingerprint density at radius 2 is 1.52 bits per heavy atom. The third-order valence-electron chi connectivity index (χ3n) is 7.39. The van der Waals surface area contributed by atoms with Gasteiger partial charge in [-0.3, -0.25) is 4.79 Å². The summed E-state index contributed by atoms with van der Waals surface area (Å²) in [5.74, 6) is -0.596. The summed E-state index contributed by atoms with van der Waals surface area (Å²) < 4.78 is 42.2. The van der Waals surface area contributed by atoms with Crippen LogP contribution in [0.25, 0.3) is 22.0 Å². The highest BCUT2D eigenvalue weighted by Crippen LogP contribution is 2.33. The fourth-order valence-electron chi connectivity index (χ4n) is 5.35. The minimum absolute atomic E-state index is 0.0926. The number of rotatable bonds is 6. The number of para-hydroxylation sites is 1. The van der Waals surface area contributed by atoms with Crippen molar-refractivity contribution in [1.82, 2.24) is 9.29 Å². The first-order valence-corrected chi connectivity index (χ1v) is 14.7. The molecule has 1 fully saturated rings. The summed E-state index contributed by atoms with van der Waals surface area (Å²) in [5, 5.41) is 3.91. The number of nitrogens with one attached hydrogen (secondary N) is 1. The summed E-state index contributed by atoms with van der Waals surface area (Å²) in [6, 6.07) is 29.4. The van der Waals surface area contributed by atoms with Gasteiger partial charge >= 0.3 is 0 Å². The summed E-state index contributed by atoms with van der Waals surface area (Å²) in [7, 11) is -3.92. The predicted molar refractivity (Wildman–Crippen MR) is 155 cm³/mol. The fraction of sp³-hybridized carbons (Fsp3) is 0.156. The standard InChI is InChI=1S/C32H28FN3O3S/c33-25-15-17-26(18-16-25)35-21-7-6-12-31(35)34-32(37)24-13-19-27(20-14-24)40(38,39)36-22-29(23-8-2-1-3-9-23)28-10-4-5-11-30(28)36/h1-5,8-11,13-20,22,31H,6-7,12,21H2,(H,34,37). The number of piperidine rings is 1. The number of carbonyl (C=O) groups excluding carboxylic acids is 1. The second-order valence-electron chi connectivity index (χ2n) is 9.91. The summed E-state index contributed by atoms with van der Waals surface area (Å²) in [6.45, 7) is 0.754. The molecule has 5 aromatic rings. The quantitative estimate of drug-likeness (QED) is 0.263. The first-order valence-electron chi connectivity index (χ1n) is 13.3. The van der Waals surface area contributed by atoms with Gasteiger partial charge in [0.05, 0.1) is 10.4 Å². The van der Waals surface area contributed by atoms with Gasteiger partial charge in [-0.25, -0.2) is 16.8 Å². The van der Waals surface area contributed by atoms with Crippen LogP contribution in [-0.2, 0) is 10.0 Å². The van der Waals surface area contributed by atoms with E-state index >= 15 is 0 Å². The molecule has 6 nitrogen and oxygen atoms in total. The zero-order valence-electron chi connectivity index (χ0n) is 21.7. The van der Waals surface area contributed by atoms with Gasteiger partial charge in [-0.2, -0.15) is 0 Å². The van der Waals surface area contributed by atoms with Crippen molar-refractivity contribution in [3.63, 3.8) is 0 Å². The Morgan fingerprint density at radius 1 is 0.825 bits per heavy atom. The summed E-state index contributed by atoms with van der Waals surface area (Å²) >= 11 is 0. The van der Waals surface area contributed by atoms with Crippen LogP contribution in [0.3, 0.4) is 0 Å². The van der Waals surface area contributed by atoms with E-state index in [0.29, 0.717) is 11.1 Å². The number of aromatic nitrogens is 1. The Bertz CT molecular complexity index is 1770. The van der Waals surface area contributed by atoms with Crippen LogP contribution >= 0.6 is 0 Å². The number of hydrogen-bond donors (Lipinski definition) is 1. The van der Waals surface area contributed by atoms with E-state index < -0.39 is 10.0 Å². The average molecular weight is 554 g/mol. The van der Waals surface area contributed by atoms with E-state index in [2.05, 4.69) is 10.2 Å². The molecule has 202 valence electrons. The van der Waals surface area contributed by atoms with E-state index in [4.69, 9.17) is 0 Å². The summed E-state index contributed by atoms with van der Waals surface area (Å²) in [5.41, 5.74) is 3.56. The van der Waals surface area contributed by atoms with E-state index in [9.17, 15) is 17.6 Å². The third kappa shape index (κ3) is 4.86. The molecule has 8 heteroatoms. The highest BCUT2D eigenvalue weighted by atomic mass is 32.2. The van der Waals surface area contributed by atoms with Crippen LogP contribution < -0.4 is 10.2 Å². The Balaban J connectivity index is 1.26. The smallest absolute Gasteiger partial charge is 0.268 e. The fourth-order valence-corrected chi connectivity index (χ4v) is 6.72. The molecule has 6 rings (SSSR count). The van der Waals surface area contributed by atoms with Crippen molar-refractivity contribution in [3.8, 4) is 11.1 Å². The normalized spacial score (nSPS) is 15.7. The molecule has 1 aliphatic heterocycles. The Morgan fingerprint density at radius 3 is 2.27 bits per heavy atom. The van der Waals surface area contributed by atoms with Crippen molar-refractivity contribution in [2.24, 2.45) is 0 Å². The topological polar surface area (TPSA) is 71.4 Å². The minimum atomic E-state index is -3.92. The van der Waals surface area contributed by atoms with Crippen molar-refractivity contribution in [3.05, 3.63) is 121 Å². The minimum Gasteiger partial charge on any atom is -0.351 e. The molecular formula is C32H28FN3O3S. The monoisotopic (exact) mass is 553 g/mol. The molecule has 0 aliphatic carbocycles. The lowest BCUT2D eigenvalue weighted by atomic mass is 10.1. The Hall–Kier alpha value is -4.43. The van der Waals surface area contributed by atoms with Gasteiger partial charge in [-0.1, -0.05) is 48.5 Å². The molecule has 0 saturated carbocycles. The molecule has 0 bridgehead atoms. The molecule has 1 aliphatic rings. The molecule has 1 atom stereocenters. The van der Waals surface area contributed by atoms with Crippen LogP contribution in [0.4, 0.5) is 10.1 Å². The number of benzene rings is 4. The number of hydrogen-bond acceptors (Lipinski definition) is 4. The lowest BCUT2D eigenvalue weighted by molar-refractivity contribution is 0.0930. The molecule has 2 heterocycles. The van der Waals surface area contributed by atoms with E-state index in [1.54, 1.807) is 24.4 Å². The summed E-state index contributed by atoms with van der Waals surface area (Å²) in [6.07, 6.45) is 4.13. The van der Waals surface area contributed by atoms with Gasteiger partial charge in [0.2, 0.25) is 0 Å². The molecule has 1 amide bonds. The van der Waals surface area contributed by atoms with Crippen molar-refractivity contribution in [1.29, 1.82) is 0 Å². The molecule has 1 N–H and O–H groups in total. The zero-order valence-corrected chi connectivity index (χ0v) is 22.5. The molecule has 0 spiro atoms. The number of amides is 1. The maximum Gasteiger partial charge on any atom is 0.268 e. The van der Waals surface area contributed by atoms with Crippen LogP contribution in [0.2, 0.25) is 0 Å². The van der Waals surface area contributed by atoms with Crippen molar-refractivity contribution in [2.75, 3.05) is 11.4 Å². The largest absolute Gasteiger partial charge is 0.351 e. The van der Waals surface area contributed by atoms with Crippen molar-refractivity contribution >= 4 is 32.5 Å². The molecule has 4 aromatic carbocycles. The maximum atomic E-state index is 13.7. The van der Waals surface area contributed by atoms with E-state index in [1.807, 2.05) is 48.5 Å². The van der Waals surface area contributed by atoms with Gasteiger partial charge in [0.15, 0.2) is 0 Å². The van der Waals surface area contributed by atoms with E-state index in [-0.39, 0.29) is 22.8 Å². The first-order chi connectivity index (χ1) is 19.4. The zero-order chi connectivity index (χ0) is 27.7. The lowest BCUT2D eigenvalue weighted by Gasteiger charge is -2.38. The maximum absolute atomic E-state index is 13.7. The molecule has 1 unspecified atom stereocenters. The number of fused-ring (bicyclic) bond motifs is 1. The Labute approximate surface area is 232 Å². The lowest BCUT2D eigenvalue weighted by Crippen LogP contribution is -2.51. The van der Waals surface area contributed by atoms with Crippen molar-refractivity contribution in [2.45, 2.75) is 30.3 Å². The third-order valence-corrected chi connectivity index (χ3v) is 9.08. The molecule has 40 heavy (non-hydrogen) atoms. The second kappa shape index (κ2) is 10.6. The van der Waals surface area contributed by atoms with Gasteiger partial charge in [0.25, 0.3) is 15.9 Å². The van der Waals surface area contributed by atoms with Crippen LogP contribution in [0.15, 0.2) is 114 Å². The second-order valence-corrected chi connectivity index (χ2v) is 11.7. The van der Waals surface area contributed by atoms with Gasteiger partial charge in [-0.05, 0) is 79.4 Å². The average Bonchev–Trinajstić information content (AvgIpc) is 3.39. The number of nitrogens with zero attached hydrogens (tertiary/aromatic N) is 2. The van der Waals surface area contributed by atoms with Gasteiger partial charge in [0, 0.05) is 34.9 Å². The highest BCUT2D eigenvalue weighted by molar-refractivity contribution is 7.90. The highest BCUT2D eigenvalue weighted by Gasteiger charge is 2.26. The van der Waals surface area contributed by atoms with Gasteiger partial charge in [0.1, 0.15) is 12.0 Å². The summed E-state index contributed by atoms with van der Waals surface area (Å²) in [4.78, 5) is 15.3. The van der Waals surface area contributed by atoms with Crippen molar-refractivity contribution < 1.29 is 17.6 Å². The Kier molecular flexibility index (Phi) is 6.86. The van der Waals surface area contributed by atoms with Gasteiger partial charge in [-0.15, -0.1) is 0 Å². The predicted octanol–water partition coefficient (Wildman–Crippen LogP) is 6.43. The van der Waals surface area contributed by atoms with Crippen LogP contribution in [0.1, 0.15) is 29.6 Å². The van der Waals surface area contributed by atoms with Crippen LogP contribution in [-0.4, -0.2) is 31.0 Å². The molecule has 0 radical (unpaired) electrons. The molecular weight excluding hydrogens is 525 g/mol. The molecule has 1 saturated heterocycles. The SMILES string of the molecule is O=C(NC1CCCCN1c1ccc(F)cc1)c1ccc(S(=O)(=O)n2cc(-c3ccccc3)c3ccccc32)cc1. The number of halogens is 1.